The van der Waals surface area contributed by atoms with Gasteiger partial charge in [-0.05, 0) is 44.1 Å². The zero-order valence-electron chi connectivity index (χ0n) is 10.1. The van der Waals surface area contributed by atoms with Gasteiger partial charge < -0.3 is 4.90 Å². The van der Waals surface area contributed by atoms with Crippen molar-refractivity contribution in [2.45, 2.75) is 17.2 Å². The number of thiazole rings is 1. The molecule has 1 aliphatic rings. The molecule has 1 aromatic carbocycles. The summed E-state index contributed by atoms with van der Waals surface area (Å²) < 4.78 is 2.38. The Kier molecular flexibility index (Phi) is 4.09. The first-order valence-electron chi connectivity index (χ1n) is 6.22. The van der Waals surface area contributed by atoms with E-state index in [9.17, 15) is 0 Å². The van der Waals surface area contributed by atoms with Gasteiger partial charge in [-0.3, -0.25) is 0 Å². The van der Waals surface area contributed by atoms with Gasteiger partial charge in [0.05, 0.1) is 10.2 Å². The Hall–Kier alpha value is -0.290. The Balaban J connectivity index is 1.60. The second-order valence-electron chi connectivity index (χ2n) is 4.49. The number of thioether (sulfide) groups is 1. The van der Waals surface area contributed by atoms with Crippen LogP contribution in [0.2, 0.25) is 5.02 Å². The predicted octanol–water partition coefficient (Wildman–Crippen LogP) is 4.14. The molecule has 1 saturated heterocycles. The molecule has 2 aromatic rings. The number of rotatable bonds is 4. The average Bonchev–Trinajstić information content (AvgIpc) is 2.97. The first-order valence-corrected chi connectivity index (χ1v) is 8.40. The van der Waals surface area contributed by atoms with Crippen molar-refractivity contribution in [3.05, 3.63) is 23.2 Å². The summed E-state index contributed by atoms with van der Waals surface area (Å²) in [6, 6.07) is 5.93. The molecule has 0 saturated carbocycles. The third-order valence-corrected chi connectivity index (χ3v) is 5.56. The molecule has 1 aromatic heterocycles. The van der Waals surface area contributed by atoms with Crippen LogP contribution in [0.25, 0.3) is 10.2 Å². The Morgan fingerprint density at radius 1 is 1.33 bits per heavy atom. The monoisotopic (exact) mass is 298 g/mol. The van der Waals surface area contributed by atoms with Crippen LogP contribution < -0.4 is 0 Å². The van der Waals surface area contributed by atoms with E-state index in [1.165, 1.54) is 37.2 Å². The fraction of sp³-hybridized carbons (Fsp3) is 0.462. The lowest BCUT2D eigenvalue weighted by Gasteiger charge is -2.12. The number of nitrogens with zero attached hydrogens (tertiary/aromatic N) is 2. The summed E-state index contributed by atoms with van der Waals surface area (Å²) in [7, 11) is 0. The molecule has 1 aliphatic heterocycles. The third-order valence-electron chi connectivity index (χ3n) is 3.16. The molecule has 96 valence electrons. The van der Waals surface area contributed by atoms with Crippen LogP contribution in [0.4, 0.5) is 0 Å². The number of likely N-dealkylation sites (tertiary alicyclic amines) is 1. The molecule has 0 unspecified atom stereocenters. The van der Waals surface area contributed by atoms with E-state index in [1.54, 1.807) is 11.3 Å². The highest BCUT2D eigenvalue weighted by atomic mass is 35.5. The fourth-order valence-corrected chi connectivity index (χ4v) is 4.50. The standard InChI is InChI=1S/C13H15ClN2S2/c14-10-3-4-12-11(9-10)15-13(18-12)17-8-7-16-5-1-2-6-16/h3-4,9H,1-2,5-8H2. The highest BCUT2D eigenvalue weighted by Crippen LogP contribution is 2.31. The first-order chi connectivity index (χ1) is 8.81. The van der Waals surface area contributed by atoms with Crippen LogP contribution in [-0.2, 0) is 0 Å². The Bertz CT molecular complexity index is 535. The molecule has 0 spiro atoms. The minimum Gasteiger partial charge on any atom is -0.303 e. The van der Waals surface area contributed by atoms with E-state index < -0.39 is 0 Å². The maximum Gasteiger partial charge on any atom is 0.151 e. The van der Waals surface area contributed by atoms with Gasteiger partial charge >= 0.3 is 0 Å². The highest BCUT2D eigenvalue weighted by molar-refractivity contribution is 8.01. The average molecular weight is 299 g/mol. The first kappa shape index (κ1) is 12.7. The number of hydrogen-bond acceptors (Lipinski definition) is 4. The number of aromatic nitrogens is 1. The molecule has 18 heavy (non-hydrogen) atoms. The summed E-state index contributed by atoms with van der Waals surface area (Å²) in [6.45, 7) is 3.73. The quantitative estimate of drug-likeness (QED) is 0.789. The molecule has 0 atom stereocenters. The van der Waals surface area contributed by atoms with Crippen LogP contribution in [0.5, 0.6) is 0 Å². The second kappa shape index (κ2) is 5.78. The van der Waals surface area contributed by atoms with Crippen LogP contribution in [0, 0.1) is 0 Å². The van der Waals surface area contributed by atoms with E-state index in [0.717, 1.165) is 20.6 Å². The van der Waals surface area contributed by atoms with Gasteiger partial charge in [-0.25, -0.2) is 4.98 Å². The van der Waals surface area contributed by atoms with E-state index in [2.05, 4.69) is 16.0 Å². The van der Waals surface area contributed by atoms with Gasteiger partial charge in [-0.1, -0.05) is 23.4 Å². The number of hydrogen-bond donors (Lipinski definition) is 0. The molecule has 5 heteroatoms. The van der Waals surface area contributed by atoms with Gasteiger partial charge in [0.15, 0.2) is 4.34 Å². The van der Waals surface area contributed by atoms with Crippen LogP contribution in [0.15, 0.2) is 22.5 Å². The SMILES string of the molecule is Clc1ccc2sc(SCCN3CCCC3)nc2c1. The molecule has 0 N–H and O–H groups in total. The van der Waals surface area contributed by atoms with E-state index in [0.29, 0.717) is 0 Å². The summed E-state index contributed by atoms with van der Waals surface area (Å²) in [5.41, 5.74) is 1.02. The maximum atomic E-state index is 5.97. The van der Waals surface area contributed by atoms with Crippen molar-refractivity contribution in [2.24, 2.45) is 0 Å². The lowest BCUT2D eigenvalue weighted by molar-refractivity contribution is 0.362. The summed E-state index contributed by atoms with van der Waals surface area (Å²) in [4.78, 5) is 7.16. The summed E-state index contributed by atoms with van der Waals surface area (Å²) in [6.07, 6.45) is 2.73. The van der Waals surface area contributed by atoms with Crippen molar-refractivity contribution >= 4 is 44.9 Å². The van der Waals surface area contributed by atoms with Gasteiger partial charge in [0.25, 0.3) is 0 Å². The Morgan fingerprint density at radius 3 is 3.00 bits per heavy atom. The molecule has 2 nitrogen and oxygen atoms in total. The predicted molar refractivity (Wildman–Crippen MR) is 81.0 cm³/mol. The summed E-state index contributed by atoms with van der Waals surface area (Å²) in [5.74, 6) is 1.13. The van der Waals surface area contributed by atoms with E-state index in [1.807, 2.05) is 23.9 Å². The number of fused-ring (bicyclic) bond motifs is 1. The minimum absolute atomic E-state index is 0.765. The number of halogens is 1. The van der Waals surface area contributed by atoms with Crippen LogP contribution in [0.1, 0.15) is 12.8 Å². The largest absolute Gasteiger partial charge is 0.303 e. The van der Waals surface area contributed by atoms with Gasteiger partial charge in [0, 0.05) is 17.3 Å². The van der Waals surface area contributed by atoms with Crippen molar-refractivity contribution in [3.8, 4) is 0 Å². The van der Waals surface area contributed by atoms with Crippen molar-refractivity contribution in [2.75, 3.05) is 25.4 Å². The maximum absolute atomic E-state index is 5.97. The second-order valence-corrected chi connectivity index (χ2v) is 7.30. The molecule has 1 fully saturated rings. The molecular formula is C13H15ClN2S2. The van der Waals surface area contributed by atoms with Crippen molar-refractivity contribution in [1.29, 1.82) is 0 Å². The topological polar surface area (TPSA) is 16.1 Å². The molecule has 2 heterocycles. The summed E-state index contributed by atoms with van der Waals surface area (Å²) >= 11 is 9.59. The molecule has 0 bridgehead atoms. The molecule has 0 amide bonds. The third kappa shape index (κ3) is 2.99. The Morgan fingerprint density at radius 2 is 2.17 bits per heavy atom. The van der Waals surface area contributed by atoms with Crippen molar-refractivity contribution in [3.63, 3.8) is 0 Å². The van der Waals surface area contributed by atoms with E-state index >= 15 is 0 Å². The van der Waals surface area contributed by atoms with Gasteiger partial charge in [0.1, 0.15) is 0 Å². The minimum atomic E-state index is 0.765. The smallest absolute Gasteiger partial charge is 0.151 e. The fourth-order valence-electron chi connectivity index (χ4n) is 2.21. The van der Waals surface area contributed by atoms with Gasteiger partial charge in [-0.15, -0.1) is 11.3 Å². The zero-order chi connectivity index (χ0) is 12.4. The van der Waals surface area contributed by atoms with Gasteiger partial charge in [-0.2, -0.15) is 0 Å². The molecule has 0 radical (unpaired) electrons. The molecular weight excluding hydrogens is 284 g/mol. The van der Waals surface area contributed by atoms with E-state index in [-0.39, 0.29) is 0 Å². The highest BCUT2D eigenvalue weighted by Gasteiger charge is 2.11. The summed E-state index contributed by atoms with van der Waals surface area (Å²) in [5, 5.41) is 0.765. The van der Waals surface area contributed by atoms with E-state index in [4.69, 9.17) is 11.6 Å². The van der Waals surface area contributed by atoms with Crippen molar-refractivity contribution < 1.29 is 0 Å². The lowest BCUT2D eigenvalue weighted by atomic mass is 10.3. The van der Waals surface area contributed by atoms with Crippen LogP contribution in [0.3, 0.4) is 0 Å². The van der Waals surface area contributed by atoms with Crippen molar-refractivity contribution in [1.82, 2.24) is 9.88 Å². The zero-order valence-corrected chi connectivity index (χ0v) is 12.5. The van der Waals surface area contributed by atoms with Crippen LogP contribution in [-0.4, -0.2) is 35.3 Å². The lowest BCUT2D eigenvalue weighted by Crippen LogP contribution is -2.21. The number of benzene rings is 1. The Labute approximate surface area is 120 Å². The van der Waals surface area contributed by atoms with Crippen LogP contribution >= 0.6 is 34.7 Å². The molecule has 0 aliphatic carbocycles. The molecule has 3 rings (SSSR count). The normalized spacial score (nSPS) is 16.7. The van der Waals surface area contributed by atoms with Gasteiger partial charge in [0.2, 0.25) is 0 Å².